The van der Waals surface area contributed by atoms with E-state index in [1.165, 1.54) is 24.9 Å². The summed E-state index contributed by atoms with van der Waals surface area (Å²) in [6.45, 7) is 4.52. The summed E-state index contributed by atoms with van der Waals surface area (Å²) in [6.07, 6.45) is 4.76. The van der Waals surface area contributed by atoms with Crippen LogP contribution in [0.25, 0.3) is 0 Å². The molecule has 0 radical (unpaired) electrons. The molecule has 0 aliphatic carbocycles. The molecule has 1 aromatic carbocycles. The maximum Gasteiger partial charge on any atom is 0.150 e. The molecule has 2 nitrogen and oxygen atoms in total. The predicted octanol–water partition coefficient (Wildman–Crippen LogP) is 3.89. The van der Waals surface area contributed by atoms with Gasteiger partial charge in [0.05, 0.1) is 5.69 Å². The molecule has 1 unspecified atom stereocenters. The molecule has 0 aromatic heterocycles. The first-order chi connectivity index (χ1) is 8.24. The van der Waals surface area contributed by atoms with Crippen LogP contribution in [0.1, 0.15) is 36.5 Å². The van der Waals surface area contributed by atoms with Crippen molar-refractivity contribution in [1.82, 2.24) is 0 Å². The Balaban J connectivity index is 2.10. The molecule has 1 aromatic rings. The van der Waals surface area contributed by atoms with Crippen LogP contribution in [0.4, 0.5) is 5.69 Å². The quantitative estimate of drug-likeness (QED) is 0.786. The van der Waals surface area contributed by atoms with Crippen LogP contribution >= 0.6 is 15.9 Å². The minimum atomic E-state index is 0.727. The third-order valence-electron chi connectivity index (χ3n) is 3.43. The number of halogens is 1. The van der Waals surface area contributed by atoms with Gasteiger partial charge in [0.15, 0.2) is 0 Å². The minimum absolute atomic E-state index is 0.727. The van der Waals surface area contributed by atoms with Gasteiger partial charge in [-0.2, -0.15) is 0 Å². The monoisotopic (exact) mass is 295 g/mol. The molecule has 3 heteroatoms. The fourth-order valence-corrected chi connectivity index (χ4v) is 3.20. The van der Waals surface area contributed by atoms with Crippen molar-refractivity contribution in [2.75, 3.05) is 18.0 Å². The Morgan fingerprint density at radius 2 is 2.35 bits per heavy atom. The predicted molar refractivity (Wildman–Crippen MR) is 74.8 cm³/mol. The van der Waals surface area contributed by atoms with Gasteiger partial charge in [0.1, 0.15) is 6.29 Å². The molecule has 1 aliphatic rings. The molecular weight excluding hydrogens is 278 g/mol. The summed E-state index contributed by atoms with van der Waals surface area (Å²) in [7, 11) is 0. The Hall–Kier alpha value is -0.830. The first-order valence-electron chi connectivity index (χ1n) is 6.24. The summed E-state index contributed by atoms with van der Waals surface area (Å²) in [5.74, 6) is 0.831. The molecule has 0 bridgehead atoms. The highest BCUT2D eigenvalue weighted by molar-refractivity contribution is 9.10. The van der Waals surface area contributed by atoms with Crippen molar-refractivity contribution in [3.8, 4) is 0 Å². The first kappa shape index (κ1) is 12.6. The number of carbonyl (C=O) groups excluding carboxylic acids is 1. The fraction of sp³-hybridized carbons (Fsp3) is 0.500. The van der Waals surface area contributed by atoms with Crippen LogP contribution in [0.15, 0.2) is 22.7 Å². The molecule has 0 spiro atoms. The minimum Gasteiger partial charge on any atom is -0.370 e. The molecule has 2 rings (SSSR count). The Morgan fingerprint density at radius 1 is 1.53 bits per heavy atom. The van der Waals surface area contributed by atoms with Gasteiger partial charge in [0, 0.05) is 23.1 Å². The van der Waals surface area contributed by atoms with Gasteiger partial charge >= 0.3 is 0 Å². The van der Waals surface area contributed by atoms with Crippen LogP contribution in [-0.4, -0.2) is 19.4 Å². The molecule has 0 N–H and O–H groups in total. The number of nitrogens with zero attached hydrogens (tertiary/aromatic N) is 1. The molecule has 1 fully saturated rings. The number of hydrogen-bond acceptors (Lipinski definition) is 2. The van der Waals surface area contributed by atoms with E-state index in [4.69, 9.17) is 0 Å². The lowest BCUT2D eigenvalue weighted by Crippen LogP contribution is -2.20. The first-order valence-corrected chi connectivity index (χ1v) is 7.03. The lowest BCUT2D eigenvalue weighted by Gasteiger charge is -2.20. The average molecular weight is 296 g/mol. The molecule has 92 valence electrons. The number of hydrogen-bond donors (Lipinski definition) is 0. The average Bonchev–Trinajstić information content (AvgIpc) is 2.78. The van der Waals surface area contributed by atoms with E-state index in [2.05, 4.69) is 27.8 Å². The summed E-state index contributed by atoms with van der Waals surface area (Å²) in [4.78, 5) is 13.1. The maximum atomic E-state index is 10.7. The van der Waals surface area contributed by atoms with Crippen molar-refractivity contribution in [3.63, 3.8) is 0 Å². The van der Waals surface area contributed by atoms with E-state index < -0.39 is 0 Å². The Kier molecular flexibility index (Phi) is 4.21. The van der Waals surface area contributed by atoms with Crippen LogP contribution in [0, 0.1) is 5.92 Å². The van der Waals surface area contributed by atoms with E-state index >= 15 is 0 Å². The molecule has 0 amide bonds. The van der Waals surface area contributed by atoms with Gasteiger partial charge < -0.3 is 4.90 Å². The van der Waals surface area contributed by atoms with E-state index in [9.17, 15) is 4.79 Å². The molecule has 1 atom stereocenters. The standard InChI is InChI=1S/C14H18BrNO/c1-2-3-11-6-7-16(9-11)14-5-4-12(10-17)8-13(14)15/h4-5,8,10-11H,2-3,6-7,9H2,1H3. The summed E-state index contributed by atoms with van der Waals surface area (Å²) in [5.41, 5.74) is 1.94. The van der Waals surface area contributed by atoms with Gasteiger partial charge in [-0.15, -0.1) is 0 Å². The van der Waals surface area contributed by atoms with Crippen LogP contribution in [-0.2, 0) is 0 Å². The van der Waals surface area contributed by atoms with E-state index in [1.54, 1.807) is 0 Å². The van der Waals surface area contributed by atoms with Crippen molar-refractivity contribution in [1.29, 1.82) is 0 Å². The molecule has 1 aliphatic heterocycles. The fourth-order valence-electron chi connectivity index (χ4n) is 2.55. The van der Waals surface area contributed by atoms with Gasteiger partial charge in [-0.1, -0.05) is 13.3 Å². The highest BCUT2D eigenvalue weighted by atomic mass is 79.9. The second-order valence-corrected chi connectivity index (χ2v) is 5.57. The molecule has 17 heavy (non-hydrogen) atoms. The highest BCUT2D eigenvalue weighted by Crippen LogP contribution is 2.32. The summed E-state index contributed by atoms with van der Waals surface area (Å²) in [5, 5.41) is 0. The summed E-state index contributed by atoms with van der Waals surface area (Å²) >= 11 is 3.56. The van der Waals surface area contributed by atoms with Gasteiger partial charge in [0.25, 0.3) is 0 Å². The Bertz CT molecular complexity index is 405. The second-order valence-electron chi connectivity index (χ2n) is 4.72. The van der Waals surface area contributed by atoms with E-state index in [0.29, 0.717) is 0 Å². The number of carbonyl (C=O) groups is 1. The van der Waals surface area contributed by atoms with Crippen molar-refractivity contribution in [2.45, 2.75) is 26.2 Å². The molecular formula is C14H18BrNO. The normalized spacial score (nSPS) is 19.6. The maximum absolute atomic E-state index is 10.7. The Morgan fingerprint density at radius 3 is 3.00 bits per heavy atom. The van der Waals surface area contributed by atoms with Crippen LogP contribution < -0.4 is 4.90 Å². The third kappa shape index (κ3) is 2.89. The number of anilines is 1. The van der Waals surface area contributed by atoms with Crippen molar-refractivity contribution >= 4 is 27.9 Å². The van der Waals surface area contributed by atoms with E-state index in [0.717, 1.165) is 35.3 Å². The van der Waals surface area contributed by atoms with Crippen molar-refractivity contribution < 1.29 is 4.79 Å². The van der Waals surface area contributed by atoms with Gasteiger partial charge in [-0.3, -0.25) is 4.79 Å². The van der Waals surface area contributed by atoms with Gasteiger partial charge in [-0.25, -0.2) is 0 Å². The van der Waals surface area contributed by atoms with Gasteiger partial charge in [0.2, 0.25) is 0 Å². The van der Waals surface area contributed by atoms with Crippen molar-refractivity contribution in [3.05, 3.63) is 28.2 Å². The summed E-state index contributed by atoms with van der Waals surface area (Å²) < 4.78 is 1.03. The third-order valence-corrected chi connectivity index (χ3v) is 4.07. The topological polar surface area (TPSA) is 20.3 Å². The lowest BCUT2D eigenvalue weighted by atomic mass is 10.0. The zero-order valence-corrected chi connectivity index (χ0v) is 11.7. The molecule has 0 saturated carbocycles. The number of benzene rings is 1. The largest absolute Gasteiger partial charge is 0.370 e. The van der Waals surface area contributed by atoms with Crippen LogP contribution in [0.3, 0.4) is 0 Å². The Labute approximate surface area is 111 Å². The molecule has 1 heterocycles. The molecule has 1 saturated heterocycles. The number of rotatable bonds is 4. The smallest absolute Gasteiger partial charge is 0.150 e. The SMILES string of the molecule is CCCC1CCN(c2ccc(C=O)cc2Br)C1. The number of aldehydes is 1. The zero-order valence-electron chi connectivity index (χ0n) is 10.2. The van der Waals surface area contributed by atoms with Crippen LogP contribution in [0.5, 0.6) is 0 Å². The zero-order chi connectivity index (χ0) is 12.3. The lowest BCUT2D eigenvalue weighted by molar-refractivity contribution is 0.112. The highest BCUT2D eigenvalue weighted by Gasteiger charge is 2.23. The van der Waals surface area contributed by atoms with Crippen LogP contribution in [0.2, 0.25) is 0 Å². The van der Waals surface area contributed by atoms with E-state index in [1.807, 2.05) is 18.2 Å². The van der Waals surface area contributed by atoms with E-state index in [-0.39, 0.29) is 0 Å². The second kappa shape index (κ2) is 5.67. The summed E-state index contributed by atoms with van der Waals surface area (Å²) in [6, 6.07) is 5.83. The van der Waals surface area contributed by atoms with Crippen molar-refractivity contribution in [2.24, 2.45) is 5.92 Å². The van der Waals surface area contributed by atoms with Gasteiger partial charge in [-0.05, 0) is 52.9 Å².